The van der Waals surface area contributed by atoms with Crippen molar-refractivity contribution in [3.05, 3.63) is 16.1 Å². The molecule has 16 heavy (non-hydrogen) atoms. The van der Waals surface area contributed by atoms with Gasteiger partial charge in [0.2, 0.25) is 0 Å². The van der Waals surface area contributed by atoms with Gasteiger partial charge < -0.3 is 5.32 Å². The number of hydrogen-bond acceptors (Lipinski definition) is 3. The Labute approximate surface area is 96.9 Å². The molecule has 0 saturated heterocycles. The highest BCUT2D eigenvalue weighted by molar-refractivity contribution is 7.11. The summed E-state index contributed by atoms with van der Waals surface area (Å²) in [7, 11) is 0. The van der Waals surface area contributed by atoms with Crippen molar-refractivity contribution in [2.24, 2.45) is 5.92 Å². The lowest BCUT2D eigenvalue weighted by molar-refractivity contribution is -0.125. The predicted octanol–water partition coefficient (Wildman–Crippen LogP) is 2.78. The van der Waals surface area contributed by atoms with Gasteiger partial charge in [0.1, 0.15) is 0 Å². The van der Waals surface area contributed by atoms with Gasteiger partial charge in [0.15, 0.2) is 0 Å². The van der Waals surface area contributed by atoms with Crippen LogP contribution in [-0.4, -0.2) is 24.2 Å². The molecule has 0 aliphatic heterocycles. The molecule has 0 saturated carbocycles. The Kier molecular flexibility index (Phi) is 4.73. The molecule has 1 rings (SSSR count). The van der Waals surface area contributed by atoms with Crippen molar-refractivity contribution < 1.29 is 13.2 Å². The lowest BCUT2D eigenvalue weighted by Gasteiger charge is -2.12. The monoisotopic (exact) mass is 252 g/mol. The van der Waals surface area contributed by atoms with E-state index in [1.807, 2.05) is 13.8 Å². The quantitative estimate of drug-likeness (QED) is 0.871. The van der Waals surface area contributed by atoms with Gasteiger partial charge >= 0.3 is 6.18 Å². The number of nitrogens with one attached hydrogen (secondary N) is 1. The van der Waals surface area contributed by atoms with Crippen LogP contribution in [0.1, 0.15) is 16.8 Å². The van der Waals surface area contributed by atoms with Crippen LogP contribution in [0.5, 0.6) is 0 Å². The van der Waals surface area contributed by atoms with Crippen LogP contribution in [0.25, 0.3) is 0 Å². The molecule has 1 atom stereocenters. The van der Waals surface area contributed by atoms with Crippen LogP contribution in [0.3, 0.4) is 0 Å². The van der Waals surface area contributed by atoms with Crippen molar-refractivity contribution in [1.29, 1.82) is 0 Å². The second-order valence-electron chi connectivity index (χ2n) is 3.90. The average Bonchev–Trinajstić information content (AvgIpc) is 2.48. The van der Waals surface area contributed by atoms with Crippen LogP contribution in [0.2, 0.25) is 0 Å². The molecule has 0 aliphatic rings. The topological polar surface area (TPSA) is 24.9 Å². The maximum atomic E-state index is 11.9. The summed E-state index contributed by atoms with van der Waals surface area (Å²) in [5.41, 5.74) is 0. The predicted molar refractivity (Wildman–Crippen MR) is 58.6 cm³/mol. The molecule has 0 spiro atoms. The Morgan fingerprint density at radius 2 is 2.19 bits per heavy atom. The SMILES string of the molecule is Cc1ncc(CC(C)CNCC(F)(F)F)s1. The molecule has 1 N–H and O–H groups in total. The van der Waals surface area contributed by atoms with E-state index >= 15 is 0 Å². The molecule has 0 bridgehead atoms. The standard InChI is InChI=1S/C10H15F3N2S/c1-7(4-14-6-10(11,12)13)3-9-5-15-8(2)16-9/h5,7,14H,3-4,6H2,1-2H3. The van der Waals surface area contributed by atoms with E-state index in [2.05, 4.69) is 10.3 Å². The van der Waals surface area contributed by atoms with Crippen molar-refractivity contribution in [1.82, 2.24) is 10.3 Å². The van der Waals surface area contributed by atoms with Crippen molar-refractivity contribution in [2.75, 3.05) is 13.1 Å². The summed E-state index contributed by atoms with van der Waals surface area (Å²) >= 11 is 1.59. The van der Waals surface area contributed by atoms with Gasteiger partial charge in [-0.05, 0) is 25.8 Å². The third-order valence-corrected chi connectivity index (χ3v) is 2.97. The summed E-state index contributed by atoms with van der Waals surface area (Å²) in [4.78, 5) is 5.23. The van der Waals surface area contributed by atoms with Crippen molar-refractivity contribution in [2.45, 2.75) is 26.4 Å². The first-order valence-electron chi connectivity index (χ1n) is 5.05. The van der Waals surface area contributed by atoms with Crippen LogP contribution in [0.15, 0.2) is 6.20 Å². The number of nitrogens with zero attached hydrogens (tertiary/aromatic N) is 1. The summed E-state index contributed by atoms with van der Waals surface area (Å²) in [5, 5.41) is 3.40. The van der Waals surface area contributed by atoms with Gasteiger partial charge in [-0.1, -0.05) is 6.92 Å². The summed E-state index contributed by atoms with van der Waals surface area (Å²) in [6.45, 7) is 3.30. The van der Waals surface area contributed by atoms with E-state index in [0.29, 0.717) is 6.54 Å². The Bertz CT molecular complexity index is 322. The Morgan fingerprint density at radius 3 is 2.69 bits per heavy atom. The molecular weight excluding hydrogens is 237 g/mol. The summed E-state index contributed by atoms with van der Waals surface area (Å²) in [6, 6.07) is 0. The third-order valence-electron chi connectivity index (χ3n) is 2.04. The molecule has 0 aromatic carbocycles. The number of thiazole rings is 1. The minimum Gasteiger partial charge on any atom is -0.308 e. The summed E-state index contributed by atoms with van der Waals surface area (Å²) < 4.78 is 35.6. The third kappa shape index (κ3) is 5.46. The van der Waals surface area contributed by atoms with E-state index in [4.69, 9.17) is 0 Å². The molecule has 0 radical (unpaired) electrons. The van der Waals surface area contributed by atoms with Gasteiger partial charge in [0.25, 0.3) is 0 Å². The second kappa shape index (κ2) is 5.63. The van der Waals surface area contributed by atoms with Gasteiger partial charge in [0.05, 0.1) is 11.6 Å². The zero-order valence-electron chi connectivity index (χ0n) is 9.27. The molecule has 1 unspecified atom stereocenters. The van der Waals surface area contributed by atoms with Gasteiger partial charge in [-0.2, -0.15) is 13.2 Å². The van der Waals surface area contributed by atoms with Crippen molar-refractivity contribution >= 4 is 11.3 Å². The molecule has 6 heteroatoms. The lowest BCUT2D eigenvalue weighted by Crippen LogP contribution is -2.32. The van der Waals surface area contributed by atoms with E-state index < -0.39 is 12.7 Å². The zero-order valence-corrected chi connectivity index (χ0v) is 10.1. The molecule has 2 nitrogen and oxygen atoms in total. The van der Waals surface area contributed by atoms with Gasteiger partial charge in [0, 0.05) is 11.1 Å². The Balaban J connectivity index is 2.23. The van der Waals surface area contributed by atoms with Crippen LogP contribution in [0.4, 0.5) is 13.2 Å². The maximum absolute atomic E-state index is 11.9. The van der Waals surface area contributed by atoms with Crippen LogP contribution < -0.4 is 5.32 Å². The number of hydrogen-bond donors (Lipinski definition) is 1. The first-order valence-corrected chi connectivity index (χ1v) is 5.87. The Morgan fingerprint density at radius 1 is 1.50 bits per heavy atom. The van der Waals surface area contributed by atoms with E-state index in [0.717, 1.165) is 16.3 Å². The highest BCUT2D eigenvalue weighted by atomic mass is 32.1. The van der Waals surface area contributed by atoms with Crippen molar-refractivity contribution in [3.8, 4) is 0 Å². The number of aryl methyl sites for hydroxylation is 1. The van der Waals surface area contributed by atoms with Crippen LogP contribution in [-0.2, 0) is 6.42 Å². The molecule has 1 aromatic heterocycles. The zero-order chi connectivity index (χ0) is 12.2. The van der Waals surface area contributed by atoms with E-state index in [9.17, 15) is 13.2 Å². The van der Waals surface area contributed by atoms with Crippen LogP contribution in [0, 0.1) is 12.8 Å². The highest BCUT2D eigenvalue weighted by Gasteiger charge is 2.26. The summed E-state index contributed by atoms with van der Waals surface area (Å²) in [6.07, 6.45) is -1.56. The lowest BCUT2D eigenvalue weighted by atomic mass is 10.1. The molecule has 0 aliphatic carbocycles. The van der Waals surface area contributed by atoms with Crippen LogP contribution >= 0.6 is 11.3 Å². The average molecular weight is 252 g/mol. The maximum Gasteiger partial charge on any atom is 0.401 e. The Hall–Kier alpha value is -0.620. The fourth-order valence-corrected chi connectivity index (χ4v) is 2.33. The fraction of sp³-hybridized carbons (Fsp3) is 0.700. The molecule has 92 valence electrons. The first-order chi connectivity index (χ1) is 7.37. The molecule has 1 heterocycles. The molecule has 0 fully saturated rings. The number of alkyl halides is 3. The van der Waals surface area contributed by atoms with E-state index in [-0.39, 0.29) is 5.92 Å². The number of aromatic nitrogens is 1. The molecule has 0 amide bonds. The minimum atomic E-state index is -4.12. The van der Waals surface area contributed by atoms with E-state index in [1.54, 1.807) is 17.5 Å². The highest BCUT2D eigenvalue weighted by Crippen LogP contribution is 2.16. The van der Waals surface area contributed by atoms with Gasteiger partial charge in [-0.15, -0.1) is 11.3 Å². The first kappa shape index (κ1) is 13.4. The minimum absolute atomic E-state index is 0.183. The van der Waals surface area contributed by atoms with Gasteiger partial charge in [-0.25, -0.2) is 4.98 Å². The molecule has 1 aromatic rings. The largest absolute Gasteiger partial charge is 0.401 e. The summed E-state index contributed by atoms with van der Waals surface area (Å²) in [5.74, 6) is 0.183. The normalized spacial score (nSPS) is 14.1. The van der Waals surface area contributed by atoms with E-state index in [1.165, 1.54) is 0 Å². The number of rotatable bonds is 5. The van der Waals surface area contributed by atoms with Crippen molar-refractivity contribution in [3.63, 3.8) is 0 Å². The second-order valence-corrected chi connectivity index (χ2v) is 5.22. The van der Waals surface area contributed by atoms with Gasteiger partial charge in [-0.3, -0.25) is 0 Å². The number of halogens is 3. The molecular formula is C10H15F3N2S. The smallest absolute Gasteiger partial charge is 0.308 e. The fourth-order valence-electron chi connectivity index (χ4n) is 1.38.